The molecule has 1 heterocycles. The summed E-state index contributed by atoms with van der Waals surface area (Å²) >= 11 is 0. The number of nitrogens with zero attached hydrogens (tertiary/aromatic N) is 1. The molecule has 1 aromatic carbocycles. The first-order valence-electron chi connectivity index (χ1n) is 9.81. The number of hydrogen-bond acceptors (Lipinski definition) is 3. The number of hydrazine groups is 1. The van der Waals surface area contributed by atoms with Crippen molar-refractivity contribution in [1.29, 1.82) is 0 Å². The van der Waals surface area contributed by atoms with Crippen molar-refractivity contribution >= 4 is 11.8 Å². The first-order chi connectivity index (χ1) is 13.0. The fourth-order valence-electron chi connectivity index (χ4n) is 3.52. The standard InChI is InChI=1S/C23H32N2O3/c1-8-9-20(23(5,6)7)25(24-21(26)19-10-11-28-17(19)4)22(27)18-13-15(2)12-16(3)14-18/h10-14,20H,8-9H2,1-7H3,(H,24,26). The SMILES string of the molecule is CCCC(N(NC(=O)c1ccoc1C)C(=O)c1cc(C)cc(C)c1)C(C)(C)C. The molecule has 0 radical (unpaired) electrons. The van der Waals surface area contributed by atoms with Gasteiger partial charge in [-0.2, -0.15) is 0 Å². The molecule has 2 amide bonds. The lowest BCUT2D eigenvalue weighted by atomic mass is 9.83. The van der Waals surface area contributed by atoms with Crippen molar-refractivity contribution in [3.8, 4) is 0 Å². The van der Waals surface area contributed by atoms with Gasteiger partial charge in [-0.25, -0.2) is 5.01 Å². The topological polar surface area (TPSA) is 62.6 Å². The van der Waals surface area contributed by atoms with Crippen LogP contribution in [0.4, 0.5) is 0 Å². The maximum atomic E-state index is 13.5. The summed E-state index contributed by atoms with van der Waals surface area (Å²) < 4.78 is 5.25. The molecule has 0 bridgehead atoms. The Labute approximate surface area is 168 Å². The van der Waals surface area contributed by atoms with Crippen LogP contribution in [0, 0.1) is 26.2 Å². The van der Waals surface area contributed by atoms with E-state index in [0.29, 0.717) is 16.9 Å². The van der Waals surface area contributed by atoms with Gasteiger partial charge in [-0.15, -0.1) is 0 Å². The Morgan fingerprint density at radius 3 is 2.18 bits per heavy atom. The molecule has 1 aromatic heterocycles. The summed E-state index contributed by atoms with van der Waals surface area (Å²) in [6.07, 6.45) is 3.16. The third-order valence-corrected chi connectivity index (χ3v) is 4.89. The van der Waals surface area contributed by atoms with Gasteiger partial charge in [0.25, 0.3) is 11.8 Å². The van der Waals surface area contributed by atoms with E-state index in [1.54, 1.807) is 13.0 Å². The number of rotatable bonds is 5. The van der Waals surface area contributed by atoms with Gasteiger partial charge in [0.2, 0.25) is 0 Å². The van der Waals surface area contributed by atoms with E-state index in [2.05, 4.69) is 33.1 Å². The van der Waals surface area contributed by atoms with Crippen LogP contribution in [0.25, 0.3) is 0 Å². The van der Waals surface area contributed by atoms with Crippen molar-refractivity contribution in [2.45, 2.75) is 67.3 Å². The van der Waals surface area contributed by atoms with Crippen LogP contribution in [-0.2, 0) is 0 Å². The van der Waals surface area contributed by atoms with E-state index >= 15 is 0 Å². The fourth-order valence-corrected chi connectivity index (χ4v) is 3.52. The van der Waals surface area contributed by atoms with Crippen LogP contribution >= 0.6 is 0 Å². The first kappa shape index (κ1) is 21.7. The number of carbonyl (C=O) groups excluding carboxylic acids is 2. The zero-order valence-electron chi connectivity index (χ0n) is 18.1. The maximum Gasteiger partial charge on any atom is 0.273 e. The zero-order valence-corrected chi connectivity index (χ0v) is 18.1. The molecule has 152 valence electrons. The summed E-state index contributed by atoms with van der Waals surface area (Å²) in [5.41, 5.74) is 5.71. The largest absolute Gasteiger partial charge is 0.469 e. The van der Waals surface area contributed by atoms with E-state index in [-0.39, 0.29) is 23.3 Å². The zero-order chi connectivity index (χ0) is 21.1. The Morgan fingerprint density at radius 1 is 1.11 bits per heavy atom. The van der Waals surface area contributed by atoms with E-state index in [0.717, 1.165) is 24.0 Å². The molecule has 1 unspecified atom stereocenters. The fraction of sp³-hybridized carbons (Fsp3) is 0.478. The van der Waals surface area contributed by atoms with Crippen molar-refractivity contribution in [1.82, 2.24) is 10.4 Å². The molecule has 0 saturated carbocycles. The van der Waals surface area contributed by atoms with E-state index in [1.807, 2.05) is 32.0 Å². The van der Waals surface area contributed by atoms with Crippen molar-refractivity contribution in [2.75, 3.05) is 0 Å². The molecule has 5 heteroatoms. The third kappa shape index (κ3) is 5.03. The number of hydrogen-bond donors (Lipinski definition) is 1. The van der Waals surface area contributed by atoms with Gasteiger partial charge in [-0.1, -0.05) is 51.3 Å². The minimum absolute atomic E-state index is 0.151. The Kier molecular flexibility index (Phi) is 6.70. The maximum absolute atomic E-state index is 13.5. The quantitative estimate of drug-likeness (QED) is 0.720. The lowest BCUT2D eigenvalue weighted by Crippen LogP contribution is -2.56. The van der Waals surface area contributed by atoms with Gasteiger partial charge in [0.15, 0.2) is 0 Å². The number of amides is 2. The number of aryl methyl sites for hydroxylation is 3. The Balaban J connectivity index is 2.46. The second-order valence-corrected chi connectivity index (χ2v) is 8.55. The van der Waals surface area contributed by atoms with E-state index in [4.69, 9.17) is 4.42 Å². The van der Waals surface area contributed by atoms with Crippen LogP contribution in [0.2, 0.25) is 0 Å². The number of nitrogens with one attached hydrogen (secondary N) is 1. The van der Waals surface area contributed by atoms with E-state index < -0.39 is 0 Å². The molecule has 1 atom stereocenters. The molecule has 2 rings (SSSR count). The highest BCUT2D eigenvalue weighted by molar-refractivity contribution is 5.99. The molecule has 2 aromatic rings. The molecule has 0 aliphatic carbocycles. The molecule has 0 aliphatic rings. The van der Waals surface area contributed by atoms with Crippen LogP contribution in [0.15, 0.2) is 34.9 Å². The number of carbonyl (C=O) groups is 2. The second-order valence-electron chi connectivity index (χ2n) is 8.55. The summed E-state index contributed by atoms with van der Waals surface area (Å²) in [6.45, 7) is 14.0. The summed E-state index contributed by atoms with van der Waals surface area (Å²) in [5, 5.41) is 1.52. The van der Waals surface area contributed by atoms with Gasteiger partial charge in [0.1, 0.15) is 5.76 Å². The lowest BCUT2D eigenvalue weighted by Gasteiger charge is -2.40. The molecule has 0 aliphatic heterocycles. The van der Waals surface area contributed by atoms with Gasteiger partial charge in [-0.05, 0) is 50.8 Å². The summed E-state index contributed by atoms with van der Waals surface area (Å²) in [7, 11) is 0. The Bertz CT molecular complexity index is 826. The highest BCUT2D eigenvalue weighted by Crippen LogP contribution is 2.29. The molecule has 0 saturated heterocycles. The van der Waals surface area contributed by atoms with Crippen LogP contribution in [0.3, 0.4) is 0 Å². The molecular weight excluding hydrogens is 352 g/mol. The van der Waals surface area contributed by atoms with Crippen molar-refractivity contribution in [3.05, 3.63) is 58.5 Å². The minimum atomic E-state index is -0.339. The van der Waals surface area contributed by atoms with Crippen LogP contribution in [0.5, 0.6) is 0 Å². The first-order valence-corrected chi connectivity index (χ1v) is 9.81. The Hall–Kier alpha value is -2.56. The summed E-state index contributed by atoms with van der Waals surface area (Å²) in [6, 6.07) is 7.23. The smallest absolute Gasteiger partial charge is 0.273 e. The van der Waals surface area contributed by atoms with Crippen molar-refractivity contribution < 1.29 is 14.0 Å². The van der Waals surface area contributed by atoms with Gasteiger partial charge in [0.05, 0.1) is 17.9 Å². The average molecular weight is 385 g/mol. The third-order valence-electron chi connectivity index (χ3n) is 4.89. The predicted molar refractivity (Wildman–Crippen MR) is 111 cm³/mol. The van der Waals surface area contributed by atoms with Gasteiger partial charge in [-0.3, -0.25) is 15.0 Å². The van der Waals surface area contributed by atoms with Gasteiger partial charge >= 0.3 is 0 Å². The normalized spacial score (nSPS) is 12.5. The summed E-state index contributed by atoms with van der Waals surface area (Å²) in [5.74, 6) is -0.0110. The molecule has 0 spiro atoms. The Morgan fingerprint density at radius 2 is 1.71 bits per heavy atom. The monoisotopic (exact) mass is 384 g/mol. The van der Waals surface area contributed by atoms with Crippen LogP contribution < -0.4 is 5.43 Å². The minimum Gasteiger partial charge on any atom is -0.469 e. The number of furan rings is 1. The predicted octanol–water partition coefficient (Wildman–Crippen LogP) is 5.21. The van der Waals surface area contributed by atoms with Gasteiger partial charge < -0.3 is 4.42 Å². The highest BCUT2D eigenvalue weighted by atomic mass is 16.3. The molecular formula is C23H32N2O3. The number of benzene rings is 1. The van der Waals surface area contributed by atoms with Gasteiger partial charge in [0, 0.05) is 5.56 Å². The average Bonchev–Trinajstić information content (AvgIpc) is 3.01. The van der Waals surface area contributed by atoms with Crippen LogP contribution in [-0.4, -0.2) is 22.9 Å². The second kappa shape index (κ2) is 8.63. The van der Waals surface area contributed by atoms with E-state index in [9.17, 15) is 9.59 Å². The lowest BCUT2D eigenvalue weighted by molar-refractivity contribution is 0.0270. The molecule has 5 nitrogen and oxygen atoms in total. The highest BCUT2D eigenvalue weighted by Gasteiger charge is 2.35. The summed E-state index contributed by atoms with van der Waals surface area (Å²) in [4.78, 5) is 26.4. The van der Waals surface area contributed by atoms with Crippen LogP contribution in [0.1, 0.15) is 78.1 Å². The van der Waals surface area contributed by atoms with E-state index in [1.165, 1.54) is 11.3 Å². The molecule has 0 fully saturated rings. The van der Waals surface area contributed by atoms with Crippen molar-refractivity contribution in [2.24, 2.45) is 5.41 Å². The molecule has 1 N–H and O–H groups in total. The molecule has 28 heavy (non-hydrogen) atoms. The van der Waals surface area contributed by atoms with Crippen molar-refractivity contribution in [3.63, 3.8) is 0 Å².